The second-order valence-corrected chi connectivity index (χ2v) is 2.91. The van der Waals surface area contributed by atoms with Crippen molar-refractivity contribution < 1.29 is 23.4 Å². The number of ether oxygens (including phenoxy) is 3. The van der Waals surface area contributed by atoms with Gasteiger partial charge < -0.3 is 14.2 Å². The van der Waals surface area contributed by atoms with Crippen molar-refractivity contribution in [1.29, 1.82) is 0 Å². The minimum Gasteiger partial charge on any atom is -0.493 e. The third kappa shape index (κ3) is 2.62. The zero-order chi connectivity index (χ0) is 12.0. The fourth-order valence-corrected chi connectivity index (χ4v) is 1.27. The van der Waals surface area contributed by atoms with Crippen molar-refractivity contribution in [2.75, 3.05) is 27.5 Å². The summed E-state index contributed by atoms with van der Waals surface area (Å²) in [7, 11) is 2.89. The standard InChI is InChI=1S/C11H13FO4/c1-14-9-5-8(7-13)6-10(11(9)15-2)16-4-3-12/h5-7H,3-4H2,1-2H3. The van der Waals surface area contributed by atoms with Gasteiger partial charge in [0.2, 0.25) is 5.75 Å². The quantitative estimate of drug-likeness (QED) is 0.697. The third-order valence-corrected chi connectivity index (χ3v) is 1.94. The van der Waals surface area contributed by atoms with Gasteiger partial charge >= 0.3 is 0 Å². The van der Waals surface area contributed by atoms with E-state index in [2.05, 4.69) is 0 Å². The molecule has 88 valence electrons. The number of aldehydes is 1. The first-order valence-corrected chi connectivity index (χ1v) is 4.66. The van der Waals surface area contributed by atoms with Crippen LogP contribution in [-0.2, 0) is 0 Å². The molecule has 0 aromatic heterocycles. The highest BCUT2D eigenvalue weighted by molar-refractivity contribution is 5.78. The zero-order valence-electron chi connectivity index (χ0n) is 9.16. The van der Waals surface area contributed by atoms with Gasteiger partial charge in [0.1, 0.15) is 19.6 Å². The van der Waals surface area contributed by atoms with E-state index in [1.54, 1.807) is 0 Å². The van der Waals surface area contributed by atoms with Gasteiger partial charge in [-0.2, -0.15) is 0 Å². The Hall–Kier alpha value is -1.78. The number of rotatable bonds is 6. The van der Waals surface area contributed by atoms with Gasteiger partial charge in [0, 0.05) is 5.56 Å². The molecule has 0 heterocycles. The average Bonchev–Trinajstić information content (AvgIpc) is 2.34. The van der Waals surface area contributed by atoms with Crippen LogP contribution in [0.4, 0.5) is 4.39 Å². The molecule has 0 bridgehead atoms. The minimum atomic E-state index is -0.614. The second kappa shape index (κ2) is 5.95. The lowest BCUT2D eigenvalue weighted by Crippen LogP contribution is -2.02. The van der Waals surface area contributed by atoms with Crippen molar-refractivity contribution in [2.24, 2.45) is 0 Å². The van der Waals surface area contributed by atoms with E-state index in [1.807, 2.05) is 0 Å². The van der Waals surface area contributed by atoms with Gasteiger partial charge in [-0.3, -0.25) is 4.79 Å². The molecule has 0 amide bonds. The maximum Gasteiger partial charge on any atom is 0.203 e. The van der Waals surface area contributed by atoms with Gasteiger partial charge in [-0.1, -0.05) is 0 Å². The van der Waals surface area contributed by atoms with Crippen LogP contribution in [0.15, 0.2) is 12.1 Å². The predicted octanol–water partition coefficient (Wildman–Crippen LogP) is 1.86. The van der Waals surface area contributed by atoms with E-state index in [1.165, 1.54) is 26.4 Å². The first kappa shape index (κ1) is 12.3. The van der Waals surface area contributed by atoms with Crippen molar-refractivity contribution in [3.05, 3.63) is 17.7 Å². The van der Waals surface area contributed by atoms with Crippen molar-refractivity contribution in [3.8, 4) is 17.2 Å². The van der Waals surface area contributed by atoms with E-state index in [-0.39, 0.29) is 6.61 Å². The summed E-state index contributed by atoms with van der Waals surface area (Å²) >= 11 is 0. The van der Waals surface area contributed by atoms with Crippen LogP contribution in [0.1, 0.15) is 10.4 Å². The first-order valence-electron chi connectivity index (χ1n) is 4.66. The number of hydrogen-bond acceptors (Lipinski definition) is 4. The van der Waals surface area contributed by atoms with Gasteiger partial charge in [-0.15, -0.1) is 0 Å². The summed E-state index contributed by atoms with van der Waals surface area (Å²) in [5.74, 6) is 1.02. The van der Waals surface area contributed by atoms with Gasteiger partial charge in [0.15, 0.2) is 11.5 Å². The molecular weight excluding hydrogens is 215 g/mol. The SMILES string of the molecule is COc1cc(C=O)cc(OCCF)c1OC. The van der Waals surface area contributed by atoms with E-state index in [0.29, 0.717) is 29.1 Å². The molecule has 4 nitrogen and oxygen atoms in total. The van der Waals surface area contributed by atoms with Crippen LogP contribution in [0.3, 0.4) is 0 Å². The number of carbonyl (C=O) groups excluding carboxylic acids is 1. The van der Waals surface area contributed by atoms with Crippen LogP contribution in [0.25, 0.3) is 0 Å². The van der Waals surface area contributed by atoms with Crippen LogP contribution in [-0.4, -0.2) is 33.8 Å². The molecule has 0 unspecified atom stereocenters. The highest BCUT2D eigenvalue weighted by Crippen LogP contribution is 2.37. The highest BCUT2D eigenvalue weighted by atomic mass is 19.1. The first-order chi connectivity index (χ1) is 7.76. The Morgan fingerprint density at radius 1 is 1.25 bits per heavy atom. The van der Waals surface area contributed by atoms with E-state index >= 15 is 0 Å². The van der Waals surface area contributed by atoms with Crippen molar-refractivity contribution >= 4 is 6.29 Å². The highest BCUT2D eigenvalue weighted by Gasteiger charge is 2.13. The third-order valence-electron chi connectivity index (χ3n) is 1.94. The molecule has 1 aromatic carbocycles. The molecular formula is C11H13FO4. The number of carbonyl (C=O) groups is 1. The molecule has 0 radical (unpaired) electrons. The lowest BCUT2D eigenvalue weighted by atomic mass is 10.2. The molecule has 0 fully saturated rings. The molecule has 5 heteroatoms. The number of alkyl halides is 1. The fourth-order valence-electron chi connectivity index (χ4n) is 1.27. The van der Waals surface area contributed by atoms with Crippen LogP contribution in [0, 0.1) is 0 Å². The smallest absolute Gasteiger partial charge is 0.203 e. The minimum absolute atomic E-state index is 0.0954. The van der Waals surface area contributed by atoms with E-state index < -0.39 is 6.67 Å². The van der Waals surface area contributed by atoms with Crippen LogP contribution in [0.5, 0.6) is 17.2 Å². The molecule has 16 heavy (non-hydrogen) atoms. The number of halogens is 1. The lowest BCUT2D eigenvalue weighted by Gasteiger charge is -2.13. The van der Waals surface area contributed by atoms with E-state index in [9.17, 15) is 9.18 Å². The summed E-state index contributed by atoms with van der Waals surface area (Å²) in [5, 5.41) is 0. The maximum atomic E-state index is 12.0. The molecule has 0 aliphatic rings. The Bertz CT molecular complexity index is 365. The molecule has 0 saturated carbocycles. The van der Waals surface area contributed by atoms with Gasteiger partial charge in [-0.25, -0.2) is 4.39 Å². The summed E-state index contributed by atoms with van der Waals surface area (Å²) in [6.45, 7) is -0.710. The molecule has 1 rings (SSSR count). The topological polar surface area (TPSA) is 44.8 Å². The van der Waals surface area contributed by atoms with E-state index in [4.69, 9.17) is 14.2 Å². The molecule has 0 aliphatic carbocycles. The zero-order valence-corrected chi connectivity index (χ0v) is 9.16. The largest absolute Gasteiger partial charge is 0.493 e. The molecule has 0 atom stereocenters. The second-order valence-electron chi connectivity index (χ2n) is 2.91. The number of hydrogen-bond donors (Lipinski definition) is 0. The van der Waals surface area contributed by atoms with Gasteiger partial charge in [0.25, 0.3) is 0 Å². The molecule has 0 N–H and O–H groups in total. The Kier molecular flexibility index (Phi) is 4.57. The van der Waals surface area contributed by atoms with Crippen LogP contribution >= 0.6 is 0 Å². The summed E-state index contributed by atoms with van der Waals surface area (Å²) < 4.78 is 27.3. The average molecular weight is 228 g/mol. The summed E-state index contributed by atoms with van der Waals surface area (Å²) in [4.78, 5) is 10.7. The van der Waals surface area contributed by atoms with E-state index in [0.717, 1.165) is 0 Å². The van der Waals surface area contributed by atoms with Crippen molar-refractivity contribution in [2.45, 2.75) is 0 Å². The van der Waals surface area contributed by atoms with Crippen LogP contribution in [0.2, 0.25) is 0 Å². The number of methoxy groups -OCH3 is 2. The Labute approximate surface area is 92.9 Å². The summed E-state index contributed by atoms with van der Waals surface area (Å²) in [6.07, 6.45) is 0.657. The van der Waals surface area contributed by atoms with Gasteiger partial charge in [-0.05, 0) is 12.1 Å². The number of benzene rings is 1. The normalized spacial score (nSPS) is 9.69. The maximum absolute atomic E-state index is 12.0. The van der Waals surface area contributed by atoms with Crippen molar-refractivity contribution in [1.82, 2.24) is 0 Å². The molecule has 1 aromatic rings. The Morgan fingerprint density at radius 3 is 2.44 bits per heavy atom. The predicted molar refractivity (Wildman–Crippen MR) is 56.4 cm³/mol. The monoisotopic (exact) mass is 228 g/mol. The van der Waals surface area contributed by atoms with Gasteiger partial charge in [0.05, 0.1) is 14.2 Å². The van der Waals surface area contributed by atoms with Crippen molar-refractivity contribution in [3.63, 3.8) is 0 Å². The Balaban J connectivity index is 3.14. The fraction of sp³-hybridized carbons (Fsp3) is 0.364. The molecule has 0 aliphatic heterocycles. The molecule has 0 saturated heterocycles. The summed E-state index contributed by atoms with van der Waals surface area (Å²) in [5.41, 5.74) is 0.381. The Morgan fingerprint density at radius 2 is 1.94 bits per heavy atom. The molecule has 0 spiro atoms. The van der Waals surface area contributed by atoms with Crippen LogP contribution < -0.4 is 14.2 Å². The summed E-state index contributed by atoms with van der Waals surface area (Å²) in [6, 6.07) is 3.00. The lowest BCUT2D eigenvalue weighted by molar-refractivity contribution is 0.112.